The van der Waals surface area contributed by atoms with Crippen LogP contribution in [0.2, 0.25) is 0 Å². The van der Waals surface area contributed by atoms with E-state index in [4.69, 9.17) is 0 Å². The SMILES string of the molecule is CNC(Cc1ncnn1CC(C)C)c1ccccc1C. The summed E-state index contributed by atoms with van der Waals surface area (Å²) in [5.41, 5.74) is 2.64. The van der Waals surface area contributed by atoms with Crippen LogP contribution in [0.3, 0.4) is 0 Å². The lowest BCUT2D eigenvalue weighted by atomic mass is 9.98. The molecule has 0 aliphatic heterocycles. The fourth-order valence-corrected chi connectivity index (χ4v) is 2.47. The van der Waals surface area contributed by atoms with Crippen molar-refractivity contribution in [2.24, 2.45) is 5.92 Å². The van der Waals surface area contributed by atoms with Crippen molar-refractivity contribution in [2.45, 2.75) is 39.8 Å². The van der Waals surface area contributed by atoms with Gasteiger partial charge >= 0.3 is 0 Å². The second-order valence-corrected chi connectivity index (χ2v) is 5.65. The summed E-state index contributed by atoms with van der Waals surface area (Å²) in [6.45, 7) is 7.46. The van der Waals surface area contributed by atoms with Crippen molar-refractivity contribution in [2.75, 3.05) is 7.05 Å². The number of benzene rings is 1. The van der Waals surface area contributed by atoms with E-state index in [1.54, 1.807) is 6.33 Å². The van der Waals surface area contributed by atoms with Gasteiger partial charge in [0.05, 0.1) is 0 Å². The second-order valence-electron chi connectivity index (χ2n) is 5.65. The van der Waals surface area contributed by atoms with Gasteiger partial charge in [-0.3, -0.25) is 0 Å². The predicted octanol–water partition coefficient (Wildman–Crippen LogP) is 2.75. The smallest absolute Gasteiger partial charge is 0.138 e. The first kappa shape index (κ1) is 14.7. The molecule has 0 saturated heterocycles. The Balaban J connectivity index is 2.19. The first-order valence-electron chi connectivity index (χ1n) is 7.21. The maximum absolute atomic E-state index is 4.42. The second kappa shape index (κ2) is 6.66. The molecule has 0 aliphatic rings. The minimum atomic E-state index is 0.270. The number of aromatic nitrogens is 3. The topological polar surface area (TPSA) is 42.7 Å². The van der Waals surface area contributed by atoms with E-state index in [0.717, 1.165) is 18.8 Å². The van der Waals surface area contributed by atoms with Crippen LogP contribution in [0.5, 0.6) is 0 Å². The highest BCUT2D eigenvalue weighted by molar-refractivity contribution is 5.29. The number of hydrogen-bond donors (Lipinski definition) is 1. The molecule has 20 heavy (non-hydrogen) atoms. The number of rotatable bonds is 6. The quantitative estimate of drug-likeness (QED) is 0.879. The summed E-state index contributed by atoms with van der Waals surface area (Å²) in [7, 11) is 2.00. The molecule has 1 aromatic carbocycles. The summed E-state index contributed by atoms with van der Waals surface area (Å²) >= 11 is 0. The van der Waals surface area contributed by atoms with Gasteiger partial charge in [-0.25, -0.2) is 9.67 Å². The van der Waals surface area contributed by atoms with Crippen molar-refractivity contribution in [3.63, 3.8) is 0 Å². The zero-order valence-electron chi connectivity index (χ0n) is 12.8. The van der Waals surface area contributed by atoms with Crippen molar-refractivity contribution >= 4 is 0 Å². The lowest BCUT2D eigenvalue weighted by Crippen LogP contribution is -2.22. The van der Waals surface area contributed by atoms with Crippen LogP contribution in [-0.2, 0) is 13.0 Å². The average molecular weight is 272 g/mol. The summed E-state index contributed by atoms with van der Waals surface area (Å²) in [5.74, 6) is 1.61. The van der Waals surface area contributed by atoms with Gasteiger partial charge in [0.2, 0.25) is 0 Å². The molecule has 2 rings (SSSR count). The van der Waals surface area contributed by atoms with E-state index in [1.165, 1.54) is 11.1 Å². The fraction of sp³-hybridized carbons (Fsp3) is 0.500. The molecule has 1 unspecified atom stereocenters. The molecular weight excluding hydrogens is 248 g/mol. The Morgan fingerprint density at radius 1 is 1.25 bits per heavy atom. The molecule has 1 atom stereocenters. The molecule has 0 spiro atoms. The van der Waals surface area contributed by atoms with Crippen LogP contribution in [-0.4, -0.2) is 21.8 Å². The van der Waals surface area contributed by atoms with Crippen LogP contribution < -0.4 is 5.32 Å². The number of aryl methyl sites for hydroxylation is 1. The monoisotopic (exact) mass is 272 g/mol. The third kappa shape index (κ3) is 3.45. The van der Waals surface area contributed by atoms with Crippen molar-refractivity contribution < 1.29 is 0 Å². The summed E-state index contributed by atoms with van der Waals surface area (Å²) < 4.78 is 2.02. The molecule has 0 fully saturated rings. The van der Waals surface area contributed by atoms with Crippen LogP contribution in [0.15, 0.2) is 30.6 Å². The molecule has 4 nitrogen and oxygen atoms in total. The van der Waals surface area contributed by atoms with Crippen LogP contribution in [0, 0.1) is 12.8 Å². The third-order valence-corrected chi connectivity index (χ3v) is 3.53. The minimum absolute atomic E-state index is 0.270. The first-order valence-corrected chi connectivity index (χ1v) is 7.21. The number of likely N-dealkylation sites (N-methyl/N-ethyl adjacent to an activating group) is 1. The highest BCUT2D eigenvalue weighted by atomic mass is 15.3. The largest absolute Gasteiger partial charge is 0.313 e. The third-order valence-electron chi connectivity index (χ3n) is 3.53. The maximum Gasteiger partial charge on any atom is 0.138 e. The van der Waals surface area contributed by atoms with Crippen molar-refractivity contribution in [3.8, 4) is 0 Å². The molecule has 0 saturated carbocycles. The Hall–Kier alpha value is -1.68. The Morgan fingerprint density at radius 2 is 2.00 bits per heavy atom. The van der Waals surface area contributed by atoms with Crippen LogP contribution in [0.1, 0.15) is 36.8 Å². The van der Waals surface area contributed by atoms with Crippen molar-refractivity contribution in [1.82, 2.24) is 20.1 Å². The number of hydrogen-bond acceptors (Lipinski definition) is 3. The molecule has 2 aromatic rings. The Morgan fingerprint density at radius 3 is 2.65 bits per heavy atom. The van der Waals surface area contributed by atoms with E-state index in [1.807, 2.05) is 11.7 Å². The Bertz CT molecular complexity index is 545. The van der Waals surface area contributed by atoms with E-state index in [0.29, 0.717) is 5.92 Å². The maximum atomic E-state index is 4.42. The summed E-state index contributed by atoms with van der Waals surface area (Å²) in [6.07, 6.45) is 2.51. The van der Waals surface area contributed by atoms with E-state index in [9.17, 15) is 0 Å². The lowest BCUT2D eigenvalue weighted by molar-refractivity contribution is 0.451. The highest BCUT2D eigenvalue weighted by Crippen LogP contribution is 2.20. The lowest BCUT2D eigenvalue weighted by Gasteiger charge is -2.19. The molecular formula is C16H24N4. The van der Waals surface area contributed by atoms with E-state index < -0.39 is 0 Å². The van der Waals surface area contributed by atoms with Gasteiger partial charge in [0.1, 0.15) is 12.2 Å². The summed E-state index contributed by atoms with van der Waals surface area (Å²) in [6, 6.07) is 8.77. The zero-order chi connectivity index (χ0) is 14.5. The van der Waals surface area contributed by atoms with Gasteiger partial charge < -0.3 is 5.32 Å². The standard InChI is InChI=1S/C16H24N4/c1-12(2)10-20-16(18-11-19-20)9-15(17-4)14-8-6-5-7-13(14)3/h5-8,11-12,15,17H,9-10H2,1-4H3. The molecule has 1 heterocycles. The molecule has 1 N–H and O–H groups in total. The summed E-state index contributed by atoms with van der Waals surface area (Å²) in [4.78, 5) is 4.42. The molecule has 0 amide bonds. The van der Waals surface area contributed by atoms with Crippen molar-refractivity contribution in [1.29, 1.82) is 0 Å². The molecule has 0 aliphatic carbocycles. The molecule has 0 radical (unpaired) electrons. The molecule has 4 heteroatoms. The van der Waals surface area contributed by atoms with E-state index in [-0.39, 0.29) is 6.04 Å². The van der Waals surface area contributed by atoms with Crippen LogP contribution >= 0.6 is 0 Å². The van der Waals surface area contributed by atoms with Crippen LogP contribution in [0.4, 0.5) is 0 Å². The Labute approximate surface area is 121 Å². The predicted molar refractivity (Wildman–Crippen MR) is 81.5 cm³/mol. The van der Waals surface area contributed by atoms with Gasteiger partial charge in [-0.15, -0.1) is 0 Å². The van der Waals surface area contributed by atoms with E-state index in [2.05, 4.69) is 60.4 Å². The van der Waals surface area contributed by atoms with Gasteiger partial charge in [-0.1, -0.05) is 38.1 Å². The minimum Gasteiger partial charge on any atom is -0.313 e. The highest BCUT2D eigenvalue weighted by Gasteiger charge is 2.16. The molecule has 108 valence electrons. The van der Waals surface area contributed by atoms with E-state index >= 15 is 0 Å². The summed E-state index contributed by atoms with van der Waals surface area (Å²) in [5, 5.41) is 7.73. The zero-order valence-corrected chi connectivity index (χ0v) is 12.8. The van der Waals surface area contributed by atoms with Gasteiger partial charge in [0.25, 0.3) is 0 Å². The van der Waals surface area contributed by atoms with Crippen LogP contribution in [0.25, 0.3) is 0 Å². The van der Waals surface area contributed by atoms with Gasteiger partial charge in [-0.2, -0.15) is 5.10 Å². The Kier molecular flexibility index (Phi) is 4.90. The normalized spacial score (nSPS) is 12.8. The van der Waals surface area contributed by atoms with Gasteiger partial charge in [0, 0.05) is 19.0 Å². The molecule has 0 bridgehead atoms. The van der Waals surface area contributed by atoms with Gasteiger partial charge in [0.15, 0.2) is 0 Å². The fourth-order valence-electron chi connectivity index (χ4n) is 2.47. The van der Waals surface area contributed by atoms with Crippen molar-refractivity contribution in [3.05, 3.63) is 47.5 Å². The molecule has 1 aromatic heterocycles. The van der Waals surface area contributed by atoms with Gasteiger partial charge in [-0.05, 0) is 31.0 Å². The average Bonchev–Trinajstić information content (AvgIpc) is 2.83. The number of nitrogens with zero attached hydrogens (tertiary/aromatic N) is 3. The first-order chi connectivity index (χ1) is 9.61. The number of nitrogens with one attached hydrogen (secondary N) is 1.